The number of nitrogens with zero attached hydrogens (tertiary/aromatic N) is 1. The molecule has 1 saturated carbocycles. The van der Waals surface area contributed by atoms with Gasteiger partial charge in [-0.3, -0.25) is 14.6 Å². The molecule has 0 saturated heterocycles. The summed E-state index contributed by atoms with van der Waals surface area (Å²) in [5, 5.41) is 2.79. The number of Topliss-reactive ketones (excluding diaryl/α,β-unsaturated/α-hetero) is 1. The molecule has 0 spiro atoms. The number of hydrogen-bond donors (Lipinski definition) is 1. The van der Waals surface area contributed by atoms with Crippen molar-refractivity contribution in [3.8, 4) is 0 Å². The van der Waals surface area contributed by atoms with E-state index in [0.29, 0.717) is 6.54 Å². The molecule has 4 nitrogen and oxygen atoms in total. The minimum atomic E-state index is -0.640. The standard InChI is InChI=1S/C17H29N2O2/c1-3-4-5-9-12-18-16(20)13-19-14(2)17(21)15-10-7-6-8-11-15/h13-15H,2-12H2,1H3,(H,18,20)/t14-/m0/s1. The molecule has 4 heteroatoms. The van der Waals surface area contributed by atoms with Gasteiger partial charge >= 0.3 is 0 Å². The first-order chi connectivity index (χ1) is 10.1. The highest BCUT2D eigenvalue weighted by Gasteiger charge is 2.24. The third-order valence-electron chi connectivity index (χ3n) is 4.04. The van der Waals surface area contributed by atoms with Crippen LogP contribution < -0.4 is 5.32 Å². The van der Waals surface area contributed by atoms with Crippen molar-refractivity contribution >= 4 is 17.9 Å². The van der Waals surface area contributed by atoms with Crippen molar-refractivity contribution in [2.75, 3.05) is 6.54 Å². The quantitative estimate of drug-likeness (QED) is 0.524. The Morgan fingerprint density at radius 3 is 2.62 bits per heavy atom. The largest absolute Gasteiger partial charge is 0.351 e. The van der Waals surface area contributed by atoms with Gasteiger partial charge in [-0.1, -0.05) is 45.4 Å². The van der Waals surface area contributed by atoms with Gasteiger partial charge in [-0.25, -0.2) is 0 Å². The van der Waals surface area contributed by atoms with Crippen molar-refractivity contribution in [3.05, 3.63) is 6.92 Å². The molecule has 21 heavy (non-hydrogen) atoms. The zero-order chi connectivity index (χ0) is 15.5. The maximum Gasteiger partial charge on any atom is 0.261 e. The topological polar surface area (TPSA) is 58.5 Å². The molecule has 1 N–H and O–H groups in total. The predicted octanol–water partition coefficient (Wildman–Crippen LogP) is 3.11. The van der Waals surface area contributed by atoms with Crippen LogP contribution in [0.15, 0.2) is 4.99 Å². The number of unbranched alkanes of at least 4 members (excludes halogenated alkanes) is 3. The molecule has 0 aromatic heterocycles. The number of carbonyl (C=O) groups is 2. The highest BCUT2D eigenvalue weighted by molar-refractivity contribution is 6.26. The highest BCUT2D eigenvalue weighted by atomic mass is 16.1. The van der Waals surface area contributed by atoms with Crippen LogP contribution in [0.1, 0.15) is 64.7 Å². The van der Waals surface area contributed by atoms with E-state index in [0.717, 1.165) is 38.5 Å². The molecule has 1 aliphatic carbocycles. The molecule has 0 heterocycles. The Kier molecular flexibility index (Phi) is 8.95. The summed E-state index contributed by atoms with van der Waals surface area (Å²) in [4.78, 5) is 27.7. The molecule has 1 aliphatic rings. The third-order valence-corrected chi connectivity index (χ3v) is 4.04. The Hall–Kier alpha value is -1.19. The number of aliphatic imine (C=N–C) groups is 1. The lowest BCUT2D eigenvalue weighted by Crippen LogP contribution is -2.29. The van der Waals surface area contributed by atoms with Crippen LogP contribution in [-0.2, 0) is 9.59 Å². The molecule has 1 fully saturated rings. The van der Waals surface area contributed by atoms with Gasteiger partial charge in [0.25, 0.3) is 5.91 Å². The lowest BCUT2D eigenvalue weighted by atomic mass is 9.84. The van der Waals surface area contributed by atoms with Crippen molar-refractivity contribution in [3.63, 3.8) is 0 Å². The summed E-state index contributed by atoms with van der Waals surface area (Å²) in [5.41, 5.74) is 0. The number of ketones is 1. The van der Waals surface area contributed by atoms with Crippen molar-refractivity contribution in [2.24, 2.45) is 10.9 Å². The second-order valence-electron chi connectivity index (χ2n) is 5.88. The summed E-state index contributed by atoms with van der Waals surface area (Å²) in [6.45, 7) is 6.60. The van der Waals surface area contributed by atoms with Crippen molar-refractivity contribution in [2.45, 2.75) is 70.8 Å². The van der Waals surface area contributed by atoms with Gasteiger partial charge in [0.1, 0.15) is 6.04 Å². The van der Waals surface area contributed by atoms with Gasteiger partial charge in [-0.05, 0) is 26.2 Å². The average molecular weight is 293 g/mol. The van der Waals surface area contributed by atoms with Gasteiger partial charge in [-0.15, -0.1) is 0 Å². The monoisotopic (exact) mass is 293 g/mol. The number of rotatable bonds is 9. The summed E-state index contributed by atoms with van der Waals surface area (Å²) < 4.78 is 0. The molecule has 0 aromatic rings. The van der Waals surface area contributed by atoms with E-state index in [9.17, 15) is 9.59 Å². The second-order valence-corrected chi connectivity index (χ2v) is 5.88. The maximum atomic E-state index is 12.1. The Labute approximate surface area is 128 Å². The summed E-state index contributed by atoms with van der Waals surface area (Å²) in [5.74, 6) is -0.0474. The fraction of sp³-hybridized carbons (Fsp3) is 0.765. The first-order valence-electron chi connectivity index (χ1n) is 8.33. The smallest absolute Gasteiger partial charge is 0.261 e. The molecule has 1 amide bonds. The minimum Gasteiger partial charge on any atom is -0.351 e. The number of nitrogens with one attached hydrogen (secondary N) is 1. The van der Waals surface area contributed by atoms with E-state index < -0.39 is 6.04 Å². The average Bonchev–Trinajstić information content (AvgIpc) is 2.52. The van der Waals surface area contributed by atoms with Crippen LogP contribution in [0.2, 0.25) is 0 Å². The van der Waals surface area contributed by atoms with Crippen LogP contribution in [0.4, 0.5) is 0 Å². The van der Waals surface area contributed by atoms with Crippen molar-refractivity contribution < 1.29 is 9.59 Å². The number of hydrogen-bond acceptors (Lipinski definition) is 3. The Balaban J connectivity index is 2.23. The van der Waals surface area contributed by atoms with Gasteiger partial charge in [0.05, 0.1) is 6.21 Å². The van der Waals surface area contributed by atoms with E-state index in [4.69, 9.17) is 0 Å². The van der Waals surface area contributed by atoms with E-state index in [-0.39, 0.29) is 17.6 Å². The molecular weight excluding hydrogens is 264 g/mol. The summed E-state index contributed by atoms with van der Waals surface area (Å²) in [7, 11) is 0. The van der Waals surface area contributed by atoms with Crippen LogP contribution in [0, 0.1) is 12.8 Å². The fourth-order valence-electron chi connectivity index (χ4n) is 2.70. The highest BCUT2D eigenvalue weighted by Crippen LogP contribution is 2.25. The first kappa shape index (κ1) is 17.9. The third kappa shape index (κ3) is 7.39. The van der Waals surface area contributed by atoms with Gasteiger partial charge in [0, 0.05) is 12.5 Å². The summed E-state index contributed by atoms with van der Waals surface area (Å²) >= 11 is 0. The Morgan fingerprint density at radius 2 is 1.95 bits per heavy atom. The van der Waals surface area contributed by atoms with Gasteiger partial charge in [0.2, 0.25) is 0 Å². The normalized spacial score (nSPS) is 17.8. The lowest BCUT2D eigenvalue weighted by molar-refractivity contribution is -0.124. The molecule has 0 aliphatic heterocycles. The molecular formula is C17H29N2O2. The minimum absolute atomic E-state index is 0.0849. The van der Waals surface area contributed by atoms with E-state index in [1.807, 2.05) is 0 Å². The number of amides is 1. The molecule has 1 radical (unpaired) electrons. The second kappa shape index (κ2) is 10.5. The van der Waals surface area contributed by atoms with E-state index in [1.54, 1.807) is 0 Å². The van der Waals surface area contributed by atoms with E-state index in [2.05, 4.69) is 24.2 Å². The zero-order valence-corrected chi connectivity index (χ0v) is 13.3. The lowest BCUT2D eigenvalue weighted by Gasteiger charge is -2.21. The molecule has 0 aromatic carbocycles. The maximum absolute atomic E-state index is 12.1. The Morgan fingerprint density at radius 1 is 1.24 bits per heavy atom. The summed E-state index contributed by atoms with van der Waals surface area (Å²) in [6, 6.07) is -0.640. The molecule has 1 atom stereocenters. The van der Waals surface area contributed by atoms with Crippen LogP contribution >= 0.6 is 0 Å². The van der Waals surface area contributed by atoms with Crippen molar-refractivity contribution in [1.82, 2.24) is 5.32 Å². The predicted molar refractivity (Wildman–Crippen MR) is 86.4 cm³/mol. The SMILES string of the molecule is [CH2][C@H](N=CC(=O)NCCCCCC)C(=O)C1CCCCC1. The fourth-order valence-corrected chi connectivity index (χ4v) is 2.70. The van der Waals surface area contributed by atoms with Crippen LogP contribution in [-0.4, -0.2) is 30.5 Å². The van der Waals surface area contributed by atoms with E-state index >= 15 is 0 Å². The Bertz CT molecular complexity index is 347. The van der Waals surface area contributed by atoms with E-state index in [1.165, 1.54) is 25.5 Å². The first-order valence-corrected chi connectivity index (χ1v) is 8.33. The van der Waals surface area contributed by atoms with Gasteiger partial charge in [-0.2, -0.15) is 0 Å². The van der Waals surface area contributed by atoms with Gasteiger partial charge < -0.3 is 5.32 Å². The molecule has 1 rings (SSSR count). The van der Waals surface area contributed by atoms with Crippen molar-refractivity contribution in [1.29, 1.82) is 0 Å². The zero-order valence-electron chi connectivity index (χ0n) is 13.3. The molecule has 0 unspecified atom stereocenters. The summed E-state index contributed by atoms with van der Waals surface area (Å²) in [6.07, 6.45) is 11.1. The molecule has 0 bridgehead atoms. The van der Waals surface area contributed by atoms with Gasteiger partial charge in [0.15, 0.2) is 5.78 Å². The van der Waals surface area contributed by atoms with Crippen LogP contribution in [0.3, 0.4) is 0 Å². The molecule has 119 valence electrons. The van der Waals surface area contributed by atoms with Crippen LogP contribution in [0.5, 0.6) is 0 Å². The van der Waals surface area contributed by atoms with Crippen LogP contribution in [0.25, 0.3) is 0 Å². The number of carbonyl (C=O) groups excluding carboxylic acids is 2.